The maximum absolute atomic E-state index is 9.87. The van der Waals surface area contributed by atoms with E-state index in [0.29, 0.717) is 22.9 Å². The standard InChI is InChI=1S/C38H25N3O/c1-24-9-14-34-33(31-20-26(23-40)19-30(21-31)29-6-4-5-25(18-29)22-39)16-15-32(35(34)17-24)27-10-12-28(13-11-27)38-41-36-7-2-3-8-37(36)42-38/h2-16,18-21,24H,17H2,1H3. The fraction of sp³-hybridized carbons (Fsp3) is 0.0789. The molecule has 5 aromatic carbocycles. The van der Waals surface area contributed by atoms with Crippen molar-refractivity contribution >= 4 is 17.2 Å². The Morgan fingerprint density at radius 3 is 2.24 bits per heavy atom. The third-order valence-corrected chi connectivity index (χ3v) is 7.91. The van der Waals surface area contributed by atoms with Crippen LogP contribution in [0.5, 0.6) is 0 Å². The van der Waals surface area contributed by atoms with E-state index >= 15 is 0 Å². The van der Waals surface area contributed by atoms with Gasteiger partial charge in [0.15, 0.2) is 5.58 Å². The summed E-state index contributed by atoms with van der Waals surface area (Å²) in [6.45, 7) is 2.24. The largest absolute Gasteiger partial charge is 0.436 e. The van der Waals surface area contributed by atoms with E-state index in [1.54, 1.807) is 6.07 Å². The molecule has 0 radical (unpaired) electrons. The van der Waals surface area contributed by atoms with Crippen LogP contribution in [0.25, 0.3) is 62.0 Å². The molecule has 0 saturated carbocycles. The van der Waals surface area contributed by atoms with Crippen molar-refractivity contribution in [3.8, 4) is 57.0 Å². The van der Waals surface area contributed by atoms with Crippen molar-refractivity contribution in [2.45, 2.75) is 13.3 Å². The highest BCUT2D eigenvalue weighted by Crippen LogP contribution is 2.40. The average Bonchev–Trinajstić information content (AvgIpc) is 3.48. The van der Waals surface area contributed by atoms with Gasteiger partial charge in [0.25, 0.3) is 0 Å². The molecule has 7 rings (SSSR count). The van der Waals surface area contributed by atoms with E-state index in [-0.39, 0.29) is 0 Å². The van der Waals surface area contributed by atoms with Gasteiger partial charge >= 0.3 is 0 Å². The van der Waals surface area contributed by atoms with Gasteiger partial charge in [0.1, 0.15) is 5.52 Å². The van der Waals surface area contributed by atoms with Gasteiger partial charge in [-0.25, -0.2) is 4.98 Å². The van der Waals surface area contributed by atoms with Gasteiger partial charge in [-0.1, -0.05) is 67.6 Å². The molecular formula is C38H25N3O. The van der Waals surface area contributed by atoms with E-state index in [0.717, 1.165) is 50.9 Å². The van der Waals surface area contributed by atoms with E-state index < -0.39 is 0 Å². The molecule has 0 amide bonds. The number of aromatic nitrogens is 1. The summed E-state index contributed by atoms with van der Waals surface area (Å²) in [5.74, 6) is 1.03. The van der Waals surface area contributed by atoms with Gasteiger partial charge < -0.3 is 4.42 Å². The summed E-state index contributed by atoms with van der Waals surface area (Å²) in [6, 6.07) is 38.6. The molecule has 6 aromatic rings. The number of benzene rings is 5. The predicted octanol–water partition coefficient (Wildman–Crippen LogP) is 9.44. The second-order valence-corrected chi connectivity index (χ2v) is 10.8. The molecule has 198 valence electrons. The zero-order valence-electron chi connectivity index (χ0n) is 23.0. The highest BCUT2D eigenvalue weighted by Gasteiger charge is 2.20. The van der Waals surface area contributed by atoms with Crippen molar-refractivity contribution < 1.29 is 4.42 Å². The summed E-state index contributed by atoms with van der Waals surface area (Å²) in [7, 11) is 0. The van der Waals surface area contributed by atoms with E-state index in [4.69, 9.17) is 4.42 Å². The Morgan fingerprint density at radius 1 is 0.690 bits per heavy atom. The summed E-state index contributed by atoms with van der Waals surface area (Å²) < 4.78 is 5.98. The van der Waals surface area contributed by atoms with E-state index in [9.17, 15) is 10.5 Å². The molecule has 0 spiro atoms. The topological polar surface area (TPSA) is 73.6 Å². The molecule has 1 unspecified atom stereocenters. The average molecular weight is 540 g/mol. The minimum atomic E-state index is 0.417. The second kappa shape index (κ2) is 10.4. The van der Waals surface area contributed by atoms with Gasteiger partial charge in [-0.15, -0.1) is 0 Å². The van der Waals surface area contributed by atoms with Crippen LogP contribution in [0.3, 0.4) is 0 Å². The van der Waals surface area contributed by atoms with Crippen molar-refractivity contribution in [2.75, 3.05) is 0 Å². The number of nitriles is 2. The normalized spacial score (nSPS) is 13.8. The second-order valence-electron chi connectivity index (χ2n) is 10.8. The fourth-order valence-electron chi connectivity index (χ4n) is 5.82. The summed E-state index contributed by atoms with van der Waals surface area (Å²) in [5.41, 5.74) is 12.5. The van der Waals surface area contributed by atoms with E-state index in [1.807, 2.05) is 54.6 Å². The van der Waals surface area contributed by atoms with Crippen LogP contribution in [0, 0.1) is 28.6 Å². The highest BCUT2D eigenvalue weighted by atomic mass is 16.3. The number of para-hydroxylation sites is 2. The lowest BCUT2D eigenvalue weighted by Crippen LogP contribution is -2.07. The van der Waals surface area contributed by atoms with Gasteiger partial charge in [-0.05, 0) is 111 Å². The first-order valence-corrected chi connectivity index (χ1v) is 14.0. The smallest absolute Gasteiger partial charge is 0.227 e. The first-order chi connectivity index (χ1) is 20.6. The molecule has 0 aliphatic heterocycles. The van der Waals surface area contributed by atoms with Crippen LogP contribution in [-0.2, 0) is 6.42 Å². The molecule has 4 nitrogen and oxygen atoms in total. The summed E-state index contributed by atoms with van der Waals surface area (Å²) in [4.78, 5) is 4.65. The van der Waals surface area contributed by atoms with Crippen molar-refractivity contribution in [3.05, 3.63) is 131 Å². The number of oxazole rings is 1. The quantitative estimate of drug-likeness (QED) is 0.224. The zero-order chi connectivity index (χ0) is 28.6. The summed E-state index contributed by atoms with van der Waals surface area (Å²) in [6.07, 6.45) is 5.42. The van der Waals surface area contributed by atoms with Crippen LogP contribution < -0.4 is 0 Å². The van der Waals surface area contributed by atoms with Gasteiger partial charge in [-0.2, -0.15) is 10.5 Å². The van der Waals surface area contributed by atoms with Crippen molar-refractivity contribution in [1.29, 1.82) is 10.5 Å². The molecule has 0 fully saturated rings. The number of hydrogen-bond acceptors (Lipinski definition) is 4. The van der Waals surface area contributed by atoms with Crippen LogP contribution in [0.4, 0.5) is 0 Å². The SMILES string of the molecule is CC1C=Cc2c(-c3cc(C#N)cc(-c4cccc(C#N)c4)c3)ccc(-c3ccc(-c4nc5ccccc5o4)cc3)c2C1. The third-order valence-electron chi connectivity index (χ3n) is 7.91. The first kappa shape index (κ1) is 25.3. The maximum Gasteiger partial charge on any atom is 0.227 e. The maximum atomic E-state index is 9.87. The lowest BCUT2D eigenvalue weighted by Gasteiger charge is -2.23. The number of allylic oxidation sites excluding steroid dienone is 1. The van der Waals surface area contributed by atoms with Gasteiger partial charge in [0.2, 0.25) is 5.89 Å². The Labute approximate surface area is 244 Å². The number of rotatable bonds is 4. The summed E-state index contributed by atoms with van der Waals surface area (Å²) >= 11 is 0. The van der Waals surface area contributed by atoms with Crippen molar-refractivity contribution in [2.24, 2.45) is 5.92 Å². The van der Waals surface area contributed by atoms with Gasteiger partial charge in [-0.3, -0.25) is 0 Å². The Kier molecular flexibility index (Phi) is 6.23. The van der Waals surface area contributed by atoms with Crippen LogP contribution in [0.1, 0.15) is 29.2 Å². The lowest BCUT2D eigenvalue weighted by molar-refractivity contribution is 0.620. The molecule has 0 saturated heterocycles. The molecule has 1 aliphatic carbocycles. The number of hydrogen-bond donors (Lipinski definition) is 0. The van der Waals surface area contributed by atoms with Gasteiger partial charge in [0, 0.05) is 5.56 Å². The highest BCUT2D eigenvalue weighted by molar-refractivity contribution is 5.87. The molecule has 1 heterocycles. The molecular weight excluding hydrogens is 514 g/mol. The van der Waals surface area contributed by atoms with Crippen LogP contribution in [-0.4, -0.2) is 4.98 Å². The number of nitrogens with zero attached hydrogens (tertiary/aromatic N) is 3. The Bertz CT molecular complexity index is 2070. The third kappa shape index (κ3) is 4.56. The molecule has 0 N–H and O–H groups in total. The van der Waals surface area contributed by atoms with Crippen LogP contribution in [0.2, 0.25) is 0 Å². The molecule has 1 atom stereocenters. The molecule has 0 bridgehead atoms. The first-order valence-electron chi connectivity index (χ1n) is 14.0. The lowest BCUT2D eigenvalue weighted by atomic mass is 9.81. The van der Waals surface area contributed by atoms with Gasteiger partial charge in [0.05, 0.1) is 23.3 Å². The molecule has 1 aromatic heterocycles. The zero-order valence-corrected chi connectivity index (χ0v) is 23.0. The Hall–Kier alpha value is -5.71. The monoisotopic (exact) mass is 539 g/mol. The van der Waals surface area contributed by atoms with E-state index in [1.165, 1.54) is 16.7 Å². The Morgan fingerprint density at radius 2 is 1.43 bits per heavy atom. The van der Waals surface area contributed by atoms with Crippen molar-refractivity contribution in [3.63, 3.8) is 0 Å². The molecule has 1 aliphatic rings. The van der Waals surface area contributed by atoms with Crippen molar-refractivity contribution in [1.82, 2.24) is 4.98 Å². The van der Waals surface area contributed by atoms with E-state index in [2.05, 4.69) is 78.7 Å². The molecule has 42 heavy (non-hydrogen) atoms. The minimum absolute atomic E-state index is 0.417. The Balaban J connectivity index is 1.31. The van der Waals surface area contributed by atoms with Crippen LogP contribution >= 0.6 is 0 Å². The predicted molar refractivity (Wildman–Crippen MR) is 167 cm³/mol. The number of fused-ring (bicyclic) bond motifs is 2. The fourth-order valence-corrected chi connectivity index (χ4v) is 5.82. The van der Waals surface area contributed by atoms with Crippen LogP contribution in [0.15, 0.2) is 114 Å². The summed E-state index contributed by atoms with van der Waals surface area (Å²) in [5, 5.41) is 19.3. The minimum Gasteiger partial charge on any atom is -0.436 e. The molecule has 4 heteroatoms.